The van der Waals surface area contributed by atoms with Crippen molar-refractivity contribution >= 4 is 10.0 Å². The molecule has 0 aromatic heterocycles. The molecule has 142 valence electrons. The molecule has 0 radical (unpaired) electrons. The first-order valence-electron chi connectivity index (χ1n) is 8.80. The van der Waals surface area contributed by atoms with Crippen molar-refractivity contribution in [3.8, 4) is 5.75 Å². The number of piperazine rings is 1. The predicted molar refractivity (Wildman–Crippen MR) is 101 cm³/mol. The molecule has 25 heavy (non-hydrogen) atoms. The standard InChI is InChI=1S/C18H31N3O3S/c1-15-13-20(14-16(2)21(15)12-6-11-19(3)4)25(22,23)18-9-7-17(24-5)8-10-18/h7-10,15-16H,6,11-14H2,1-5H3. The first-order chi connectivity index (χ1) is 11.8. The van der Waals surface area contributed by atoms with Crippen LogP contribution in [0.2, 0.25) is 0 Å². The van der Waals surface area contributed by atoms with Crippen LogP contribution in [0.4, 0.5) is 0 Å². The smallest absolute Gasteiger partial charge is 0.243 e. The van der Waals surface area contributed by atoms with Crippen molar-refractivity contribution in [1.29, 1.82) is 0 Å². The van der Waals surface area contributed by atoms with Crippen molar-refractivity contribution in [2.24, 2.45) is 0 Å². The van der Waals surface area contributed by atoms with E-state index in [1.165, 1.54) is 0 Å². The first kappa shape index (κ1) is 20.2. The van der Waals surface area contributed by atoms with E-state index in [2.05, 4.69) is 37.7 Å². The second-order valence-corrected chi connectivity index (χ2v) is 9.03. The summed E-state index contributed by atoms with van der Waals surface area (Å²) in [4.78, 5) is 4.93. The van der Waals surface area contributed by atoms with Crippen LogP contribution >= 0.6 is 0 Å². The molecule has 1 aliphatic heterocycles. The van der Waals surface area contributed by atoms with Gasteiger partial charge in [0.25, 0.3) is 0 Å². The Morgan fingerprint density at radius 3 is 2.16 bits per heavy atom. The molecule has 0 saturated carbocycles. The number of rotatable bonds is 7. The predicted octanol–water partition coefficient (Wildman–Crippen LogP) is 1.73. The molecule has 6 nitrogen and oxygen atoms in total. The molecule has 1 saturated heterocycles. The number of sulfonamides is 1. The Hall–Kier alpha value is -1.15. The number of hydrogen-bond acceptors (Lipinski definition) is 5. The molecule has 0 bridgehead atoms. The van der Waals surface area contributed by atoms with Gasteiger partial charge in [-0.25, -0.2) is 8.42 Å². The molecule has 0 spiro atoms. The molecule has 1 aliphatic rings. The van der Waals surface area contributed by atoms with E-state index in [9.17, 15) is 8.42 Å². The monoisotopic (exact) mass is 369 g/mol. The zero-order valence-electron chi connectivity index (χ0n) is 16.0. The highest BCUT2D eigenvalue weighted by atomic mass is 32.2. The largest absolute Gasteiger partial charge is 0.497 e. The lowest BCUT2D eigenvalue weighted by molar-refractivity contribution is 0.0740. The average molecular weight is 370 g/mol. The van der Waals surface area contributed by atoms with Crippen LogP contribution in [0.5, 0.6) is 5.75 Å². The number of benzene rings is 1. The van der Waals surface area contributed by atoms with Crippen LogP contribution in [0.1, 0.15) is 20.3 Å². The molecule has 0 amide bonds. The van der Waals surface area contributed by atoms with Gasteiger partial charge in [-0.15, -0.1) is 0 Å². The van der Waals surface area contributed by atoms with Gasteiger partial charge in [0.15, 0.2) is 0 Å². The summed E-state index contributed by atoms with van der Waals surface area (Å²) < 4.78 is 32.6. The lowest BCUT2D eigenvalue weighted by Crippen LogP contribution is -2.58. The Kier molecular flexibility index (Phi) is 6.85. The molecular formula is C18H31N3O3S. The Balaban J connectivity index is 2.06. The molecule has 0 aliphatic carbocycles. The number of nitrogens with zero attached hydrogens (tertiary/aromatic N) is 3. The summed E-state index contributed by atoms with van der Waals surface area (Å²) in [7, 11) is 2.26. The van der Waals surface area contributed by atoms with Gasteiger partial charge in [-0.1, -0.05) is 0 Å². The molecule has 2 atom stereocenters. The molecule has 1 aromatic rings. The SMILES string of the molecule is COc1ccc(S(=O)(=O)N2CC(C)N(CCCN(C)C)C(C)C2)cc1. The Labute approximate surface area is 152 Å². The maximum Gasteiger partial charge on any atom is 0.243 e. The fourth-order valence-corrected chi connectivity index (χ4v) is 5.01. The van der Waals surface area contributed by atoms with Crippen molar-refractivity contribution < 1.29 is 13.2 Å². The zero-order valence-corrected chi connectivity index (χ0v) is 16.8. The second-order valence-electron chi connectivity index (χ2n) is 7.09. The first-order valence-corrected chi connectivity index (χ1v) is 10.2. The minimum Gasteiger partial charge on any atom is -0.497 e. The minimum atomic E-state index is -3.47. The van der Waals surface area contributed by atoms with Gasteiger partial charge in [0, 0.05) is 31.7 Å². The lowest BCUT2D eigenvalue weighted by atomic mass is 10.1. The second kappa shape index (κ2) is 8.49. The van der Waals surface area contributed by atoms with Crippen LogP contribution in [0.15, 0.2) is 29.2 Å². The van der Waals surface area contributed by atoms with E-state index in [1.54, 1.807) is 35.7 Å². The summed E-state index contributed by atoms with van der Waals surface area (Å²) in [5, 5.41) is 0. The highest BCUT2D eigenvalue weighted by Crippen LogP contribution is 2.24. The van der Waals surface area contributed by atoms with Gasteiger partial charge in [-0.05, 0) is 65.2 Å². The highest BCUT2D eigenvalue weighted by molar-refractivity contribution is 7.89. The minimum absolute atomic E-state index is 0.207. The van der Waals surface area contributed by atoms with E-state index in [4.69, 9.17) is 4.74 Å². The van der Waals surface area contributed by atoms with Gasteiger partial charge in [0.2, 0.25) is 10.0 Å². The van der Waals surface area contributed by atoms with Crippen LogP contribution < -0.4 is 4.74 Å². The molecule has 1 heterocycles. The maximum absolute atomic E-state index is 12.9. The number of ether oxygens (including phenoxy) is 1. The van der Waals surface area contributed by atoms with Crippen molar-refractivity contribution in [1.82, 2.24) is 14.1 Å². The molecule has 7 heteroatoms. The third-order valence-corrected chi connectivity index (χ3v) is 6.63. The zero-order chi connectivity index (χ0) is 18.6. The summed E-state index contributed by atoms with van der Waals surface area (Å²) in [6.45, 7) is 7.33. The normalized spacial score (nSPS) is 23.1. The van der Waals surface area contributed by atoms with Gasteiger partial charge in [0.05, 0.1) is 12.0 Å². The Morgan fingerprint density at radius 1 is 1.12 bits per heavy atom. The van der Waals surface area contributed by atoms with Gasteiger partial charge >= 0.3 is 0 Å². The third-order valence-electron chi connectivity index (χ3n) is 4.79. The van der Waals surface area contributed by atoms with Gasteiger partial charge < -0.3 is 9.64 Å². The lowest BCUT2D eigenvalue weighted by Gasteiger charge is -2.44. The molecule has 2 unspecified atom stereocenters. The maximum atomic E-state index is 12.9. The Bertz CT molecular complexity index is 634. The van der Waals surface area contributed by atoms with E-state index in [1.807, 2.05) is 0 Å². The molecule has 1 aromatic carbocycles. The summed E-state index contributed by atoms with van der Waals surface area (Å²) in [6, 6.07) is 7.03. The van der Waals surface area contributed by atoms with Crippen molar-refractivity contribution in [2.75, 3.05) is 47.4 Å². The van der Waals surface area contributed by atoms with Crippen LogP contribution in [0.25, 0.3) is 0 Å². The van der Waals surface area contributed by atoms with Crippen LogP contribution in [0, 0.1) is 0 Å². The summed E-state index contributed by atoms with van der Waals surface area (Å²) in [6.07, 6.45) is 1.09. The number of hydrogen-bond donors (Lipinski definition) is 0. The van der Waals surface area contributed by atoms with E-state index >= 15 is 0 Å². The molecule has 1 fully saturated rings. The highest BCUT2D eigenvalue weighted by Gasteiger charge is 2.35. The Morgan fingerprint density at radius 2 is 1.68 bits per heavy atom. The van der Waals surface area contributed by atoms with Crippen molar-refractivity contribution in [3.05, 3.63) is 24.3 Å². The molecule has 2 rings (SSSR count). The summed E-state index contributed by atoms with van der Waals surface area (Å²) in [5.74, 6) is 0.659. The molecular weight excluding hydrogens is 338 g/mol. The fourth-order valence-electron chi connectivity index (χ4n) is 3.41. The quantitative estimate of drug-likeness (QED) is 0.733. The van der Waals surface area contributed by atoms with E-state index in [0.29, 0.717) is 23.7 Å². The van der Waals surface area contributed by atoms with E-state index in [-0.39, 0.29) is 12.1 Å². The van der Waals surface area contributed by atoms with Gasteiger partial charge in [0.1, 0.15) is 5.75 Å². The van der Waals surface area contributed by atoms with Crippen LogP contribution in [0.3, 0.4) is 0 Å². The van der Waals surface area contributed by atoms with Crippen molar-refractivity contribution in [3.63, 3.8) is 0 Å². The van der Waals surface area contributed by atoms with E-state index in [0.717, 1.165) is 19.5 Å². The summed E-state index contributed by atoms with van der Waals surface area (Å²) >= 11 is 0. The fraction of sp³-hybridized carbons (Fsp3) is 0.667. The van der Waals surface area contributed by atoms with Crippen LogP contribution in [-0.2, 0) is 10.0 Å². The van der Waals surface area contributed by atoms with Gasteiger partial charge in [-0.3, -0.25) is 4.90 Å². The topological polar surface area (TPSA) is 53.1 Å². The number of methoxy groups -OCH3 is 1. The average Bonchev–Trinajstić information content (AvgIpc) is 2.57. The van der Waals surface area contributed by atoms with Crippen LogP contribution in [-0.4, -0.2) is 82.0 Å². The third kappa shape index (κ3) is 4.94. The molecule has 0 N–H and O–H groups in total. The van der Waals surface area contributed by atoms with Crippen molar-refractivity contribution in [2.45, 2.75) is 37.2 Å². The van der Waals surface area contributed by atoms with Gasteiger partial charge in [-0.2, -0.15) is 4.31 Å². The summed E-state index contributed by atoms with van der Waals surface area (Å²) in [5.41, 5.74) is 0. The van der Waals surface area contributed by atoms with E-state index < -0.39 is 10.0 Å².